The Bertz CT molecular complexity index is 631. The average molecular weight is 368 g/mol. The first-order chi connectivity index (χ1) is 9.99. The van der Waals surface area contributed by atoms with E-state index in [1.807, 2.05) is 26.0 Å². The molecule has 2 rings (SSSR count). The summed E-state index contributed by atoms with van der Waals surface area (Å²) in [4.78, 5) is 18.6. The molecule has 1 heterocycles. The molecule has 0 fully saturated rings. The number of pyridine rings is 1. The summed E-state index contributed by atoms with van der Waals surface area (Å²) in [6.45, 7) is 4.52. The van der Waals surface area contributed by atoms with Crippen LogP contribution in [-0.4, -0.2) is 21.8 Å². The Balaban J connectivity index is 2.25. The second-order valence-electron chi connectivity index (χ2n) is 5.02. The molecule has 0 bridgehead atoms. The van der Waals surface area contributed by atoms with Crippen molar-refractivity contribution in [3.05, 3.63) is 63.3 Å². The maximum absolute atomic E-state index is 12.7. The van der Waals surface area contributed by atoms with E-state index in [4.69, 9.17) is 11.6 Å². The molecule has 0 aliphatic carbocycles. The van der Waals surface area contributed by atoms with Gasteiger partial charge in [-0.25, -0.2) is 0 Å². The van der Waals surface area contributed by atoms with Crippen LogP contribution in [0.15, 0.2) is 47.2 Å². The third kappa shape index (κ3) is 4.05. The van der Waals surface area contributed by atoms with Gasteiger partial charge in [0.2, 0.25) is 0 Å². The van der Waals surface area contributed by atoms with Crippen LogP contribution >= 0.6 is 27.5 Å². The maximum atomic E-state index is 12.7. The number of rotatable bonds is 4. The van der Waals surface area contributed by atoms with Crippen LogP contribution in [0.4, 0.5) is 0 Å². The lowest BCUT2D eigenvalue weighted by molar-refractivity contribution is 0.0690. The Labute approximate surface area is 138 Å². The summed E-state index contributed by atoms with van der Waals surface area (Å²) in [7, 11) is 0. The largest absolute Gasteiger partial charge is 0.332 e. The van der Waals surface area contributed by atoms with Gasteiger partial charge in [-0.15, -0.1) is 0 Å². The minimum Gasteiger partial charge on any atom is -0.332 e. The lowest BCUT2D eigenvalue weighted by Crippen LogP contribution is -2.36. The summed E-state index contributed by atoms with van der Waals surface area (Å²) in [5.41, 5.74) is 1.59. The van der Waals surface area contributed by atoms with E-state index >= 15 is 0 Å². The molecule has 1 aromatic heterocycles. The van der Waals surface area contributed by atoms with Crippen LogP contribution in [0.25, 0.3) is 0 Å². The van der Waals surface area contributed by atoms with Gasteiger partial charge in [-0.2, -0.15) is 0 Å². The highest BCUT2D eigenvalue weighted by Crippen LogP contribution is 2.24. The van der Waals surface area contributed by atoms with Crippen LogP contribution in [-0.2, 0) is 6.54 Å². The van der Waals surface area contributed by atoms with Crippen LogP contribution in [0, 0.1) is 0 Å². The zero-order valence-corrected chi connectivity index (χ0v) is 14.2. The second-order valence-corrected chi connectivity index (χ2v) is 6.28. The smallest absolute Gasteiger partial charge is 0.254 e. The fourth-order valence-electron chi connectivity index (χ4n) is 1.97. The Kier molecular flexibility index (Phi) is 5.37. The third-order valence-corrected chi connectivity index (χ3v) is 4.36. The third-order valence-electron chi connectivity index (χ3n) is 3.13. The van der Waals surface area contributed by atoms with Crippen molar-refractivity contribution in [3.63, 3.8) is 0 Å². The summed E-state index contributed by atoms with van der Waals surface area (Å²) in [5, 5.41) is 0.533. The molecule has 110 valence electrons. The summed E-state index contributed by atoms with van der Waals surface area (Å²) in [5.74, 6) is -0.0387. The van der Waals surface area contributed by atoms with E-state index in [-0.39, 0.29) is 11.9 Å². The highest BCUT2D eigenvalue weighted by Gasteiger charge is 2.19. The van der Waals surface area contributed by atoms with Gasteiger partial charge in [0, 0.05) is 35.0 Å². The summed E-state index contributed by atoms with van der Waals surface area (Å²) < 4.78 is 0.782. The molecule has 21 heavy (non-hydrogen) atoms. The zero-order chi connectivity index (χ0) is 15.4. The first-order valence-corrected chi connectivity index (χ1v) is 7.81. The van der Waals surface area contributed by atoms with Crippen LogP contribution in [0.5, 0.6) is 0 Å². The standard InChI is InChI=1S/C16H16BrClN2O/c1-11(2)20(10-12-4-3-7-19-9-12)16(21)13-5-6-14(17)15(18)8-13/h3-9,11H,10H2,1-2H3. The van der Waals surface area contributed by atoms with Gasteiger partial charge in [0.1, 0.15) is 0 Å². The maximum Gasteiger partial charge on any atom is 0.254 e. The monoisotopic (exact) mass is 366 g/mol. The van der Waals surface area contributed by atoms with Gasteiger partial charge in [-0.05, 0) is 59.6 Å². The Morgan fingerprint density at radius 3 is 2.71 bits per heavy atom. The molecule has 0 radical (unpaired) electrons. The van der Waals surface area contributed by atoms with Gasteiger partial charge < -0.3 is 4.90 Å². The number of hydrogen-bond donors (Lipinski definition) is 0. The minimum atomic E-state index is -0.0387. The van der Waals surface area contributed by atoms with E-state index in [9.17, 15) is 4.79 Å². The lowest BCUT2D eigenvalue weighted by Gasteiger charge is -2.27. The van der Waals surface area contributed by atoms with Gasteiger partial charge in [0.15, 0.2) is 0 Å². The number of benzene rings is 1. The first kappa shape index (κ1) is 16.0. The molecule has 0 saturated carbocycles. The van der Waals surface area contributed by atoms with Crippen LogP contribution in [0.2, 0.25) is 5.02 Å². The molecule has 3 nitrogen and oxygen atoms in total. The van der Waals surface area contributed by atoms with Gasteiger partial charge in [-0.1, -0.05) is 17.7 Å². The lowest BCUT2D eigenvalue weighted by atomic mass is 10.1. The van der Waals surface area contributed by atoms with Crippen LogP contribution < -0.4 is 0 Å². The summed E-state index contributed by atoms with van der Waals surface area (Å²) in [6.07, 6.45) is 3.50. The molecule has 0 atom stereocenters. The molecular weight excluding hydrogens is 352 g/mol. The number of hydrogen-bond acceptors (Lipinski definition) is 2. The second kappa shape index (κ2) is 7.05. The van der Waals surface area contributed by atoms with E-state index in [2.05, 4.69) is 20.9 Å². The van der Waals surface area contributed by atoms with Crippen molar-refractivity contribution >= 4 is 33.4 Å². The Morgan fingerprint density at radius 1 is 1.38 bits per heavy atom. The van der Waals surface area contributed by atoms with E-state index < -0.39 is 0 Å². The fourth-order valence-corrected chi connectivity index (χ4v) is 2.40. The molecule has 0 saturated heterocycles. The van der Waals surface area contributed by atoms with E-state index in [0.717, 1.165) is 10.0 Å². The molecule has 0 N–H and O–H groups in total. The fraction of sp³-hybridized carbons (Fsp3) is 0.250. The highest BCUT2D eigenvalue weighted by molar-refractivity contribution is 9.10. The highest BCUT2D eigenvalue weighted by atomic mass is 79.9. The molecule has 1 aromatic carbocycles. The number of aromatic nitrogens is 1. The van der Waals surface area contributed by atoms with Crippen molar-refractivity contribution in [1.29, 1.82) is 0 Å². The number of amides is 1. The van der Waals surface area contributed by atoms with Crippen molar-refractivity contribution in [1.82, 2.24) is 9.88 Å². The quantitative estimate of drug-likeness (QED) is 0.794. The molecule has 2 aromatic rings. The minimum absolute atomic E-state index is 0.0387. The van der Waals surface area contributed by atoms with Gasteiger partial charge >= 0.3 is 0 Å². The van der Waals surface area contributed by atoms with Crippen molar-refractivity contribution in [2.45, 2.75) is 26.4 Å². The summed E-state index contributed by atoms with van der Waals surface area (Å²) >= 11 is 9.41. The summed E-state index contributed by atoms with van der Waals surface area (Å²) in [6, 6.07) is 9.17. The zero-order valence-electron chi connectivity index (χ0n) is 11.9. The van der Waals surface area contributed by atoms with Crippen molar-refractivity contribution < 1.29 is 4.79 Å². The van der Waals surface area contributed by atoms with Crippen LogP contribution in [0.3, 0.4) is 0 Å². The predicted molar refractivity (Wildman–Crippen MR) is 88.4 cm³/mol. The Morgan fingerprint density at radius 2 is 2.14 bits per heavy atom. The van der Waals surface area contributed by atoms with Gasteiger partial charge in [0.25, 0.3) is 5.91 Å². The molecular formula is C16H16BrClN2O. The average Bonchev–Trinajstić information content (AvgIpc) is 2.47. The molecule has 1 amide bonds. The van der Waals surface area contributed by atoms with Gasteiger partial charge in [0.05, 0.1) is 5.02 Å². The number of carbonyl (C=O) groups is 1. The topological polar surface area (TPSA) is 33.2 Å². The van der Waals surface area contributed by atoms with Crippen LogP contribution in [0.1, 0.15) is 29.8 Å². The first-order valence-electron chi connectivity index (χ1n) is 6.64. The molecule has 5 heteroatoms. The van der Waals surface area contributed by atoms with Crippen molar-refractivity contribution in [2.24, 2.45) is 0 Å². The molecule has 0 aliphatic rings. The normalized spacial score (nSPS) is 10.7. The SMILES string of the molecule is CC(C)N(Cc1cccnc1)C(=O)c1ccc(Br)c(Cl)c1. The molecule has 0 unspecified atom stereocenters. The number of halogens is 2. The van der Waals surface area contributed by atoms with E-state index in [0.29, 0.717) is 17.1 Å². The molecule has 0 aliphatic heterocycles. The predicted octanol–water partition coefficient (Wildman–Crippen LogP) is 4.55. The number of nitrogens with zero attached hydrogens (tertiary/aromatic N) is 2. The molecule has 0 spiro atoms. The Hall–Kier alpha value is -1.39. The van der Waals surface area contributed by atoms with Crippen molar-refractivity contribution in [3.8, 4) is 0 Å². The van der Waals surface area contributed by atoms with E-state index in [1.54, 1.807) is 35.5 Å². The van der Waals surface area contributed by atoms with E-state index in [1.165, 1.54) is 0 Å². The number of carbonyl (C=O) groups excluding carboxylic acids is 1. The van der Waals surface area contributed by atoms with Gasteiger partial charge in [-0.3, -0.25) is 9.78 Å². The van der Waals surface area contributed by atoms with Crippen molar-refractivity contribution in [2.75, 3.05) is 0 Å².